The average molecular weight is 389 g/mol. The number of benzene rings is 2. The first-order valence-corrected chi connectivity index (χ1v) is 9.33. The monoisotopic (exact) mass is 388 g/mol. The summed E-state index contributed by atoms with van der Waals surface area (Å²) in [6, 6.07) is 8.94. The zero-order chi connectivity index (χ0) is 18.6. The largest absolute Gasteiger partial charge is 0.350 e. The molecule has 0 heterocycles. The van der Waals surface area contributed by atoms with Gasteiger partial charge in [0.2, 0.25) is 15.9 Å². The number of nitrogens with one attached hydrogen (secondary N) is 1. The molecular formula is C16H15ClF2N2O3S. The van der Waals surface area contributed by atoms with E-state index in [0.717, 1.165) is 12.3 Å². The lowest BCUT2D eigenvalue weighted by molar-refractivity contribution is -0.119. The highest BCUT2D eigenvalue weighted by atomic mass is 35.5. The predicted molar refractivity (Wildman–Crippen MR) is 91.8 cm³/mol. The van der Waals surface area contributed by atoms with Gasteiger partial charge in [-0.2, -0.15) is 0 Å². The molecule has 0 fully saturated rings. The number of halogens is 3. The predicted octanol–water partition coefficient (Wildman–Crippen LogP) is 2.70. The van der Waals surface area contributed by atoms with Crippen molar-refractivity contribution in [3.8, 4) is 0 Å². The molecular weight excluding hydrogens is 374 g/mol. The Bertz CT molecular complexity index is 873. The van der Waals surface area contributed by atoms with Crippen LogP contribution in [0.4, 0.5) is 14.5 Å². The van der Waals surface area contributed by atoms with Crippen molar-refractivity contribution < 1.29 is 22.0 Å². The molecule has 0 aliphatic heterocycles. The number of carbonyl (C=O) groups excluding carboxylic acids is 1. The summed E-state index contributed by atoms with van der Waals surface area (Å²) in [7, 11) is -3.90. The number of rotatable bonds is 6. The summed E-state index contributed by atoms with van der Waals surface area (Å²) in [4.78, 5) is 12.1. The first kappa shape index (κ1) is 19.1. The molecule has 9 heteroatoms. The molecule has 0 spiro atoms. The van der Waals surface area contributed by atoms with Gasteiger partial charge in [-0.05, 0) is 35.9 Å². The van der Waals surface area contributed by atoms with Gasteiger partial charge in [-0.15, -0.1) is 0 Å². The first-order chi connectivity index (χ1) is 11.7. The van der Waals surface area contributed by atoms with E-state index >= 15 is 0 Å². The van der Waals surface area contributed by atoms with Gasteiger partial charge in [-0.3, -0.25) is 9.10 Å². The van der Waals surface area contributed by atoms with Gasteiger partial charge in [0.15, 0.2) is 0 Å². The molecule has 134 valence electrons. The second kappa shape index (κ2) is 7.79. The van der Waals surface area contributed by atoms with E-state index in [1.807, 2.05) is 0 Å². The molecule has 1 amide bonds. The molecule has 0 radical (unpaired) electrons. The summed E-state index contributed by atoms with van der Waals surface area (Å²) in [5.74, 6) is -1.90. The van der Waals surface area contributed by atoms with Gasteiger partial charge in [-0.1, -0.05) is 23.7 Å². The smallest absolute Gasteiger partial charge is 0.241 e. The van der Waals surface area contributed by atoms with Crippen LogP contribution in [0.1, 0.15) is 5.56 Å². The molecule has 0 aromatic heterocycles. The molecule has 0 atom stereocenters. The molecule has 5 nitrogen and oxygen atoms in total. The van der Waals surface area contributed by atoms with Crippen molar-refractivity contribution in [2.45, 2.75) is 6.54 Å². The van der Waals surface area contributed by atoms with E-state index in [2.05, 4.69) is 5.32 Å². The molecule has 0 unspecified atom stereocenters. The molecule has 0 aliphatic rings. The third-order valence-corrected chi connectivity index (χ3v) is 4.63. The summed E-state index contributed by atoms with van der Waals surface area (Å²) in [6.45, 7) is -0.515. The molecule has 1 N–H and O–H groups in total. The van der Waals surface area contributed by atoms with Gasteiger partial charge < -0.3 is 5.32 Å². The molecule has 2 aromatic rings. The van der Waals surface area contributed by atoms with Gasteiger partial charge >= 0.3 is 0 Å². The quantitative estimate of drug-likeness (QED) is 0.827. The van der Waals surface area contributed by atoms with Crippen molar-refractivity contribution in [3.05, 3.63) is 64.7 Å². The minimum atomic E-state index is -3.90. The van der Waals surface area contributed by atoms with Crippen LogP contribution in [0.2, 0.25) is 5.02 Å². The van der Waals surface area contributed by atoms with Crippen molar-refractivity contribution in [3.63, 3.8) is 0 Å². The number of sulfonamides is 1. The fourth-order valence-electron chi connectivity index (χ4n) is 2.05. The van der Waals surface area contributed by atoms with Gasteiger partial charge in [0.05, 0.1) is 11.9 Å². The van der Waals surface area contributed by atoms with E-state index in [4.69, 9.17) is 11.6 Å². The van der Waals surface area contributed by atoms with Crippen molar-refractivity contribution in [1.29, 1.82) is 0 Å². The lowest BCUT2D eigenvalue weighted by Gasteiger charge is -2.22. The standard InChI is InChI=1S/C16H15ClF2N2O3S/c1-25(23,24)21(15-7-4-12(17)8-14(15)19)10-16(22)20-9-11-2-5-13(18)6-3-11/h2-8H,9-10H2,1H3,(H,20,22). The summed E-state index contributed by atoms with van der Waals surface area (Å²) in [6.07, 6.45) is 0.869. The third-order valence-electron chi connectivity index (χ3n) is 3.27. The van der Waals surface area contributed by atoms with E-state index in [9.17, 15) is 22.0 Å². The number of anilines is 1. The summed E-state index contributed by atoms with van der Waals surface area (Å²) in [5.41, 5.74) is 0.363. The Morgan fingerprint density at radius 1 is 1.16 bits per heavy atom. The molecule has 25 heavy (non-hydrogen) atoms. The van der Waals surface area contributed by atoms with E-state index in [-0.39, 0.29) is 17.3 Å². The van der Waals surface area contributed by atoms with Crippen molar-refractivity contribution >= 4 is 33.2 Å². The first-order valence-electron chi connectivity index (χ1n) is 7.11. The van der Waals surface area contributed by atoms with Crippen LogP contribution in [-0.4, -0.2) is 27.1 Å². The lowest BCUT2D eigenvalue weighted by Crippen LogP contribution is -2.40. The second-order valence-corrected chi connectivity index (χ2v) is 7.61. The van der Waals surface area contributed by atoms with E-state index in [0.29, 0.717) is 9.87 Å². The molecule has 0 bridgehead atoms. The summed E-state index contributed by atoms with van der Waals surface area (Å²) < 4.78 is 51.3. The average Bonchev–Trinajstić information content (AvgIpc) is 2.52. The van der Waals surface area contributed by atoms with Crippen LogP contribution in [0.5, 0.6) is 0 Å². The maximum absolute atomic E-state index is 14.0. The Labute approximate surface area is 149 Å². The van der Waals surface area contributed by atoms with E-state index in [1.165, 1.54) is 36.4 Å². The van der Waals surface area contributed by atoms with E-state index in [1.54, 1.807) is 0 Å². The fourth-order valence-corrected chi connectivity index (χ4v) is 3.07. The highest BCUT2D eigenvalue weighted by molar-refractivity contribution is 7.92. The van der Waals surface area contributed by atoms with Gasteiger partial charge in [0, 0.05) is 11.6 Å². The number of hydrogen-bond donors (Lipinski definition) is 1. The fraction of sp³-hybridized carbons (Fsp3) is 0.188. The maximum atomic E-state index is 14.0. The number of amides is 1. The maximum Gasteiger partial charge on any atom is 0.241 e. The lowest BCUT2D eigenvalue weighted by atomic mass is 10.2. The number of carbonyl (C=O) groups is 1. The highest BCUT2D eigenvalue weighted by Crippen LogP contribution is 2.24. The highest BCUT2D eigenvalue weighted by Gasteiger charge is 2.23. The third kappa shape index (κ3) is 5.40. The summed E-state index contributed by atoms with van der Waals surface area (Å²) >= 11 is 5.66. The second-order valence-electron chi connectivity index (χ2n) is 5.27. The minimum absolute atomic E-state index is 0.0832. The summed E-state index contributed by atoms with van der Waals surface area (Å²) in [5, 5.41) is 2.61. The normalized spacial score (nSPS) is 11.2. The van der Waals surface area contributed by atoms with Gasteiger partial charge in [0.25, 0.3) is 0 Å². The number of nitrogens with zero attached hydrogens (tertiary/aromatic N) is 1. The van der Waals surface area contributed by atoms with Crippen molar-refractivity contribution in [2.24, 2.45) is 0 Å². The van der Waals surface area contributed by atoms with Gasteiger partial charge in [0.1, 0.15) is 18.2 Å². The Morgan fingerprint density at radius 3 is 2.36 bits per heavy atom. The van der Waals surface area contributed by atoms with Gasteiger partial charge in [-0.25, -0.2) is 17.2 Å². The van der Waals surface area contributed by atoms with Crippen LogP contribution in [0, 0.1) is 11.6 Å². The Balaban J connectivity index is 2.11. The Kier molecular flexibility index (Phi) is 5.97. The topological polar surface area (TPSA) is 66.5 Å². The van der Waals surface area contributed by atoms with Crippen LogP contribution in [0.25, 0.3) is 0 Å². The van der Waals surface area contributed by atoms with Crippen LogP contribution >= 0.6 is 11.6 Å². The molecule has 2 rings (SSSR count). The molecule has 0 saturated heterocycles. The zero-order valence-electron chi connectivity index (χ0n) is 13.2. The molecule has 0 aliphatic carbocycles. The minimum Gasteiger partial charge on any atom is -0.350 e. The van der Waals surface area contributed by atoms with Crippen molar-refractivity contribution in [1.82, 2.24) is 5.32 Å². The van der Waals surface area contributed by atoms with Crippen LogP contribution in [0.15, 0.2) is 42.5 Å². The SMILES string of the molecule is CS(=O)(=O)N(CC(=O)NCc1ccc(F)cc1)c1ccc(Cl)cc1F. The van der Waals surface area contributed by atoms with Crippen molar-refractivity contribution in [2.75, 3.05) is 17.1 Å². The molecule has 2 aromatic carbocycles. The van der Waals surface area contributed by atoms with Crippen LogP contribution < -0.4 is 9.62 Å². The Morgan fingerprint density at radius 2 is 1.80 bits per heavy atom. The van der Waals surface area contributed by atoms with Crippen LogP contribution in [-0.2, 0) is 21.4 Å². The number of hydrogen-bond acceptors (Lipinski definition) is 3. The van der Waals surface area contributed by atoms with E-state index < -0.39 is 34.1 Å². The molecule has 0 saturated carbocycles. The Hall–Kier alpha value is -2.19. The zero-order valence-corrected chi connectivity index (χ0v) is 14.7. The van der Waals surface area contributed by atoms with Crippen LogP contribution in [0.3, 0.4) is 0 Å².